The normalized spacial score (nSPS) is 12.1. The molecule has 0 saturated heterocycles. The van der Waals surface area contributed by atoms with Gasteiger partial charge in [0.2, 0.25) is 0 Å². The van der Waals surface area contributed by atoms with Crippen LogP contribution < -0.4 is 5.73 Å². The molecule has 2 N–H and O–H groups in total. The quantitative estimate of drug-likeness (QED) is 0.621. The van der Waals surface area contributed by atoms with E-state index < -0.39 is 6.04 Å². The van der Waals surface area contributed by atoms with Crippen LogP contribution in [0.3, 0.4) is 0 Å². The molecule has 0 spiro atoms. The van der Waals surface area contributed by atoms with Crippen LogP contribution in [-0.2, 0) is 0 Å². The number of hydrogen-bond acceptors (Lipinski definition) is 3. The highest BCUT2D eigenvalue weighted by atomic mass is 35.5. The molecule has 13 heavy (non-hydrogen) atoms. The third-order valence-electron chi connectivity index (χ3n) is 1.56. The van der Waals surface area contributed by atoms with Crippen LogP contribution in [0.1, 0.15) is 11.6 Å². The number of nitrogens with zero attached hydrogens (tertiary/aromatic N) is 1. The number of thiocarbonyl (C=S) groups is 1. The van der Waals surface area contributed by atoms with Crippen molar-refractivity contribution in [1.82, 2.24) is 0 Å². The van der Waals surface area contributed by atoms with Crippen LogP contribution in [0.25, 0.3) is 0 Å². The Morgan fingerprint density at radius 1 is 1.46 bits per heavy atom. The third-order valence-corrected chi connectivity index (χ3v) is 2.04. The van der Waals surface area contributed by atoms with Gasteiger partial charge in [0.15, 0.2) is 6.04 Å². The van der Waals surface area contributed by atoms with Crippen LogP contribution in [0.4, 0.5) is 0 Å². The first-order valence-electron chi connectivity index (χ1n) is 3.52. The zero-order chi connectivity index (χ0) is 9.84. The molecular formula is C8H7ClN2OS. The molecule has 68 valence electrons. The fourth-order valence-electron chi connectivity index (χ4n) is 0.922. The Morgan fingerprint density at radius 2 is 2.00 bits per heavy atom. The van der Waals surface area contributed by atoms with Crippen LogP contribution in [-0.4, -0.2) is 4.99 Å². The second-order valence-electron chi connectivity index (χ2n) is 2.46. The van der Waals surface area contributed by atoms with Gasteiger partial charge < -0.3 is 5.73 Å². The first-order chi connectivity index (χ1) is 6.15. The summed E-state index contributed by atoms with van der Waals surface area (Å²) in [6.07, 6.45) is 0. The summed E-state index contributed by atoms with van der Waals surface area (Å²) >= 11 is 10.3. The molecule has 1 unspecified atom stereocenters. The maximum Gasteiger partial charge on any atom is 0.166 e. The molecule has 0 heterocycles. The van der Waals surface area contributed by atoms with Crippen molar-refractivity contribution >= 4 is 28.8 Å². The minimum absolute atomic E-state index is 0.0670. The Balaban J connectivity index is 2.99. The SMILES string of the molecule is NC(=S)C(N=O)c1ccc(Cl)cc1. The highest BCUT2D eigenvalue weighted by Crippen LogP contribution is 2.19. The number of hydrogen-bond donors (Lipinski definition) is 1. The van der Waals surface area contributed by atoms with Gasteiger partial charge in [0.05, 0.1) is 0 Å². The van der Waals surface area contributed by atoms with Crippen molar-refractivity contribution in [2.75, 3.05) is 0 Å². The average molecular weight is 215 g/mol. The molecule has 0 bridgehead atoms. The van der Waals surface area contributed by atoms with Gasteiger partial charge in [-0.15, -0.1) is 4.91 Å². The lowest BCUT2D eigenvalue weighted by atomic mass is 10.1. The van der Waals surface area contributed by atoms with Gasteiger partial charge in [-0.3, -0.25) is 0 Å². The number of halogens is 1. The predicted molar refractivity (Wildman–Crippen MR) is 56.8 cm³/mol. The minimum atomic E-state index is -0.757. The monoisotopic (exact) mass is 214 g/mol. The average Bonchev–Trinajstić information content (AvgIpc) is 2.09. The Morgan fingerprint density at radius 3 is 2.38 bits per heavy atom. The van der Waals surface area contributed by atoms with Crippen LogP contribution in [0, 0.1) is 4.91 Å². The second-order valence-corrected chi connectivity index (χ2v) is 3.37. The smallest absolute Gasteiger partial charge is 0.166 e. The van der Waals surface area contributed by atoms with Gasteiger partial charge in [0.25, 0.3) is 0 Å². The molecule has 0 aliphatic heterocycles. The summed E-state index contributed by atoms with van der Waals surface area (Å²) in [6, 6.07) is 5.91. The summed E-state index contributed by atoms with van der Waals surface area (Å²) in [7, 11) is 0. The molecule has 0 radical (unpaired) electrons. The van der Waals surface area contributed by atoms with Crippen LogP contribution in [0.2, 0.25) is 5.02 Å². The topological polar surface area (TPSA) is 55.4 Å². The van der Waals surface area contributed by atoms with Crippen LogP contribution in [0.15, 0.2) is 29.4 Å². The van der Waals surface area contributed by atoms with E-state index in [1.54, 1.807) is 24.3 Å². The molecule has 0 amide bonds. The van der Waals surface area contributed by atoms with E-state index in [1.807, 2.05) is 0 Å². The summed E-state index contributed by atoms with van der Waals surface area (Å²) < 4.78 is 0. The molecular weight excluding hydrogens is 208 g/mol. The van der Waals surface area contributed by atoms with Crippen molar-refractivity contribution < 1.29 is 0 Å². The zero-order valence-corrected chi connectivity index (χ0v) is 8.18. The lowest BCUT2D eigenvalue weighted by Gasteiger charge is -2.06. The molecule has 0 fully saturated rings. The van der Waals surface area contributed by atoms with Gasteiger partial charge >= 0.3 is 0 Å². The van der Waals surface area contributed by atoms with Crippen molar-refractivity contribution in [2.45, 2.75) is 6.04 Å². The fraction of sp³-hybridized carbons (Fsp3) is 0.125. The number of nitroso groups, excluding NO2 is 1. The van der Waals surface area contributed by atoms with Crippen molar-refractivity contribution in [3.63, 3.8) is 0 Å². The summed E-state index contributed by atoms with van der Waals surface area (Å²) in [5, 5.41) is 3.42. The Kier molecular flexibility index (Phi) is 3.33. The van der Waals surface area contributed by atoms with Gasteiger partial charge in [0, 0.05) is 5.02 Å². The molecule has 0 aliphatic carbocycles. The number of benzene rings is 1. The van der Waals surface area contributed by atoms with E-state index in [2.05, 4.69) is 17.4 Å². The molecule has 1 aromatic rings. The predicted octanol–water partition coefficient (Wildman–Crippen LogP) is 2.43. The molecule has 3 nitrogen and oxygen atoms in total. The number of nitrogens with two attached hydrogens (primary N) is 1. The van der Waals surface area contributed by atoms with Gasteiger partial charge in [-0.05, 0) is 17.7 Å². The zero-order valence-electron chi connectivity index (χ0n) is 6.61. The van der Waals surface area contributed by atoms with E-state index in [-0.39, 0.29) is 4.99 Å². The van der Waals surface area contributed by atoms with Crippen molar-refractivity contribution in [2.24, 2.45) is 10.9 Å². The molecule has 0 saturated carbocycles. The molecule has 1 aromatic carbocycles. The molecule has 1 rings (SSSR count). The number of rotatable bonds is 3. The largest absolute Gasteiger partial charge is 0.391 e. The molecule has 1 atom stereocenters. The van der Waals surface area contributed by atoms with Crippen LogP contribution >= 0.6 is 23.8 Å². The van der Waals surface area contributed by atoms with Crippen molar-refractivity contribution in [3.05, 3.63) is 39.8 Å². The van der Waals surface area contributed by atoms with E-state index in [1.165, 1.54) is 0 Å². The van der Waals surface area contributed by atoms with E-state index in [4.69, 9.17) is 17.3 Å². The lowest BCUT2D eigenvalue weighted by molar-refractivity contribution is 0.955. The maximum absolute atomic E-state index is 10.4. The van der Waals surface area contributed by atoms with E-state index in [9.17, 15) is 4.91 Å². The summed E-state index contributed by atoms with van der Waals surface area (Å²) in [5.74, 6) is 0. The maximum atomic E-state index is 10.4. The van der Waals surface area contributed by atoms with Crippen molar-refractivity contribution in [3.8, 4) is 0 Å². The molecule has 0 aliphatic rings. The fourth-order valence-corrected chi connectivity index (χ4v) is 1.23. The van der Waals surface area contributed by atoms with Crippen molar-refractivity contribution in [1.29, 1.82) is 0 Å². The lowest BCUT2D eigenvalue weighted by Crippen LogP contribution is -2.16. The van der Waals surface area contributed by atoms with E-state index in [0.29, 0.717) is 10.6 Å². The first kappa shape index (κ1) is 10.1. The second kappa shape index (κ2) is 4.30. The molecule has 0 aromatic heterocycles. The Bertz CT molecular complexity index is 325. The minimum Gasteiger partial charge on any atom is -0.391 e. The molecule has 5 heteroatoms. The summed E-state index contributed by atoms with van der Waals surface area (Å²) in [4.78, 5) is 10.4. The summed E-state index contributed by atoms with van der Waals surface area (Å²) in [6.45, 7) is 0. The van der Waals surface area contributed by atoms with Gasteiger partial charge in [-0.2, -0.15) is 0 Å². The highest BCUT2D eigenvalue weighted by Gasteiger charge is 2.13. The Labute approximate surface area is 85.9 Å². The van der Waals surface area contributed by atoms with Gasteiger partial charge in [-0.25, -0.2) is 0 Å². The van der Waals surface area contributed by atoms with Gasteiger partial charge in [-0.1, -0.05) is 41.1 Å². The third kappa shape index (κ3) is 2.47. The van der Waals surface area contributed by atoms with Crippen LogP contribution in [0.5, 0.6) is 0 Å². The highest BCUT2D eigenvalue weighted by molar-refractivity contribution is 7.80. The van der Waals surface area contributed by atoms with Gasteiger partial charge in [0.1, 0.15) is 4.99 Å². The summed E-state index contributed by atoms with van der Waals surface area (Å²) in [5.41, 5.74) is 5.98. The standard InChI is InChI=1S/C8H7ClN2OS/c9-6-3-1-5(2-4-6)7(11-12)8(10)13/h1-4,7H,(H2,10,13). The van der Waals surface area contributed by atoms with E-state index >= 15 is 0 Å². The Hall–Kier alpha value is -1.00. The first-order valence-corrected chi connectivity index (χ1v) is 4.31. The van der Waals surface area contributed by atoms with E-state index in [0.717, 1.165) is 0 Å².